The minimum atomic E-state index is -0.00567. The molecule has 5 nitrogen and oxygen atoms in total. The maximum absolute atomic E-state index is 12.8. The van der Waals surface area contributed by atoms with Crippen molar-refractivity contribution in [2.75, 3.05) is 6.54 Å². The van der Waals surface area contributed by atoms with Crippen LogP contribution in [0.4, 0.5) is 0 Å². The lowest BCUT2D eigenvalue weighted by Gasteiger charge is -2.23. The van der Waals surface area contributed by atoms with Crippen molar-refractivity contribution < 1.29 is 4.79 Å². The number of para-hydroxylation sites is 2. The van der Waals surface area contributed by atoms with Gasteiger partial charge in [-0.2, -0.15) is 0 Å². The molecule has 1 saturated heterocycles. The fourth-order valence-corrected chi connectivity index (χ4v) is 3.48. The number of nitrogens with one attached hydrogen (secondary N) is 1. The van der Waals surface area contributed by atoms with Crippen molar-refractivity contribution in [2.24, 2.45) is 0 Å². The summed E-state index contributed by atoms with van der Waals surface area (Å²) in [6.45, 7) is 0.743. The van der Waals surface area contributed by atoms with Crippen molar-refractivity contribution in [3.63, 3.8) is 0 Å². The van der Waals surface area contributed by atoms with Crippen LogP contribution in [0, 0.1) is 0 Å². The number of H-pyrrole nitrogens is 1. The van der Waals surface area contributed by atoms with Gasteiger partial charge in [-0.1, -0.05) is 12.1 Å². The zero-order valence-corrected chi connectivity index (χ0v) is 14.0. The maximum Gasteiger partial charge on any atom is 0.256 e. The van der Waals surface area contributed by atoms with Crippen LogP contribution in [0.15, 0.2) is 47.2 Å². The maximum atomic E-state index is 12.8. The highest BCUT2D eigenvalue weighted by Crippen LogP contribution is 2.32. The van der Waals surface area contributed by atoms with E-state index in [1.165, 1.54) is 0 Å². The van der Waals surface area contributed by atoms with Crippen LogP contribution in [0.1, 0.15) is 35.1 Å². The number of amides is 1. The van der Waals surface area contributed by atoms with E-state index in [2.05, 4.69) is 30.9 Å². The Morgan fingerprint density at radius 3 is 3.00 bits per heavy atom. The van der Waals surface area contributed by atoms with Crippen LogP contribution in [-0.4, -0.2) is 32.3 Å². The molecular formula is C17H15BrN4O. The van der Waals surface area contributed by atoms with Crippen molar-refractivity contribution in [1.29, 1.82) is 0 Å². The van der Waals surface area contributed by atoms with Gasteiger partial charge in [0.05, 0.1) is 22.6 Å². The summed E-state index contributed by atoms with van der Waals surface area (Å²) in [7, 11) is 0. The lowest BCUT2D eigenvalue weighted by molar-refractivity contribution is 0.0730. The molecule has 6 heteroatoms. The number of aromatic nitrogens is 3. The fraction of sp³-hybridized carbons (Fsp3) is 0.235. The first-order valence-electron chi connectivity index (χ1n) is 7.58. The van der Waals surface area contributed by atoms with Gasteiger partial charge in [-0.05, 0) is 47.0 Å². The molecule has 0 bridgehead atoms. The zero-order chi connectivity index (χ0) is 15.8. The molecule has 1 aromatic carbocycles. The number of imidazole rings is 1. The lowest BCUT2D eigenvalue weighted by atomic mass is 10.2. The Balaban J connectivity index is 1.67. The van der Waals surface area contributed by atoms with E-state index in [4.69, 9.17) is 0 Å². The summed E-state index contributed by atoms with van der Waals surface area (Å²) in [4.78, 5) is 26.8. The number of halogens is 1. The van der Waals surface area contributed by atoms with Crippen LogP contribution in [-0.2, 0) is 0 Å². The first-order chi connectivity index (χ1) is 11.2. The number of nitrogens with zero attached hydrogens (tertiary/aromatic N) is 3. The molecule has 1 amide bonds. The number of carbonyl (C=O) groups excluding carboxylic acids is 1. The molecule has 3 aromatic rings. The van der Waals surface area contributed by atoms with Crippen LogP contribution >= 0.6 is 15.9 Å². The summed E-state index contributed by atoms with van der Waals surface area (Å²) < 4.78 is 0.808. The van der Waals surface area contributed by atoms with Gasteiger partial charge in [-0.3, -0.25) is 9.78 Å². The Kier molecular flexibility index (Phi) is 3.61. The quantitative estimate of drug-likeness (QED) is 0.747. The molecule has 2 aromatic heterocycles. The van der Waals surface area contributed by atoms with Crippen LogP contribution in [0.3, 0.4) is 0 Å². The molecule has 116 valence electrons. The van der Waals surface area contributed by atoms with Gasteiger partial charge in [0.25, 0.3) is 5.91 Å². The van der Waals surface area contributed by atoms with Gasteiger partial charge in [-0.15, -0.1) is 0 Å². The monoisotopic (exact) mass is 370 g/mol. The molecule has 3 heterocycles. The topological polar surface area (TPSA) is 61.9 Å². The third-order valence-electron chi connectivity index (χ3n) is 4.19. The Labute approximate surface area is 141 Å². The van der Waals surface area contributed by atoms with E-state index >= 15 is 0 Å². The van der Waals surface area contributed by atoms with Gasteiger partial charge in [-0.25, -0.2) is 4.98 Å². The van der Waals surface area contributed by atoms with E-state index in [9.17, 15) is 4.79 Å². The van der Waals surface area contributed by atoms with Gasteiger partial charge in [0, 0.05) is 23.4 Å². The Hall–Kier alpha value is -2.21. The van der Waals surface area contributed by atoms with Gasteiger partial charge in [0.1, 0.15) is 5.82 Å². The Morgan fingerprint density at radius 1 is 1.30 bits per heavy atom. The summed E-state index contributed by atoms with van der Waals surface area (Å²) in [6, 6.07) is 9.74. The van der Waals surface area contributed by atoms with E-state index in [-0.39, 0.29) is 11.9 Å². The van der Waals surface area contributed by atoms with Crippen molar-refractivity contribution in [3.05, 3.63) is 58.6 Å². The van der Waals surface area contributed by atoms with Crippen molar-refractivity contribution in [2.45, 2.75) is 18.9 Å². The van der Waals surface area contributed by atoms with Gasteiger partial charge in [0.2, 0.25) is 0 Å². The Morgan fingerprint density at radius 2 is 2.17 bits per heavy atom. The summed E-state index contributed by atoms with van der Waals surface area (Å²) in [6.07, 6.45) is 5.19. The van der Waals surface area contributed by atoms with Crippen molar-refractivity contribution >= 4 is 32.9 Å². The molecule has 1 atom stereocenters. The predicted octanol–water partition coefficient (Wildman–Crippen LogP) is 3.70. The number of pyridine rings is 1. The lowest BCUT2D eigenvalue weighted by Crippen LogP contribution is -2.31. The standard InChI is InChI=1S/C17H15BrN4O/c18-12-8-11(9-19-10-12)17(23)22-7-3-6-15(22)16-20-13-4-1-2-5-14(13)21-16/h1-2,4-5,8-10,15H,3,6-7H2,(H,20,21)/t15-/m1/s1. The first kappa shape index (κ1) is 14.4. The second-order valence-corrected chi connectivity index (χ2v) is 6.60. The number of rotatable bonds is 2. The van der Waals surface area contributed by atoms with E-state index in [1.807, 2.05) is 35.2 Å². The van der Waals surface area contributed by atoms with Crippen molar-refractivity contribution in [3.8, 4) is 0 Å². The number of fused-ring (bicyclic) bond motifs is 1. The molecule has 0 aliphatic carbocycles. The molecule has 1 aliphatic heterocycles. The summed E-state index contributed by atoms with van der Waals surface area (Å²) in [5.41, 5.74) is 2.54. The number of carbonyl (C=O) groups is 1. The van der Waals surface area contributed by atoms with Gasteiger partial charge in [0.15, 0.2) is 0 Å². The second-order valence-electron chi connectivity index (χ2n) is 5.69. The summed E-state index contributed by atoms with van der Waals surface area (Å²) in [5.74, 6) is 0.863. The van der Waals surface area contributed by atoms with Crippen LogP contribution in [0.5, 0.6) is 0 Å². The number of benzene rings is 1. The van der Waals surface area contributed by atoms with E-state index in [0.717, 1.165) is 40.7 Å². The molecule has 23 heavy (non-hydrogen) atoms. The fourth-order valence-electron chi connectivity index (χ4n) is 3.12. The summed E-state index contributed by atoms with van der Waals surface area (Å²) in [5, 5.41) is 0. The molecule has 0 spiro atoms. The molecule has 0 radical (unpaired) electrons. The SMILES string of the molecule is O=C(c1cncc(Br)c1)N1CCC[C@@H]1c1nc2ccccc2[nH]1. The number of hydrogen-bond donors (Lipinski definition) is 1. The van der Waals surface area contributed by atoms with E-state index in [1.54, 1.807) is 12.4 Å². The van der Waals surface area contributed by atoms with Crippen LogP contribution < -0.4 is 0 Å². The molecule has 1 N–H and O–H groups in total. The van der Waals surface area contributed by atoms with Crippen LogP contribution in [0.2, 0.25) is 0 Å². The zero-order valence-electron chi connectivity index (χ0n) is 12.4. The third kappa shape index (κ3) is 2.63. The number of likely N-dealkylation sites (tertiary alicyclic amines) is 1. The number of aromatic amines is 1. The van der Waals surface area contributed by atoms with Gasteiger partial charge < -0.3 is 9.88 Å². The minimum absolute atomic E-state index is 0.00163. The number of hydrogen-bond acceptors (Lipinski definition) is 3. The molecular weight excluding hydrogens is 356 g/mol. The largest absolute Gasteiger partial charge is 0.340 e. The molecule has 0 saturated carbocycles. The Bertz CT molecular complexity index is 843. The van der Waals surface area contributed by atoms with Crippen molar-refractivity contribution in [1.82, 2.24) is 19.9 Å². The smallest absolute Gasteiger partial charge is 0.256 e. The highest BCUT2D eigenvalue weighted by atomic mass is 79.9. The average Bonchev–Trinajstić information content (AvgIpc) is 3.20. The van der Waals surface area contributed by atoms with E-state index in [0.29, 0.717) is 5.56 Å². The second kappa shape index (κ2) is 5.77. The summed E-state index contributed by atoms with van der Waals surface area (Å²) >= 11 is 3.37. The predicted molar refractivity (Wildman–Crippen MR) is 91.0 cm³/mol. The molecule has 1 aliphatic rings. The highest BCUT2D eigenvalue weighted by Gasteiger charge is 2.32. The van der Waals surface area contributed by atoms with E-state index < -0.39 is 0 Å². The normalized spacial score (nSPS) is 17.8. The minimum Gasteiger partial charge on any atom is -0.340 e. The van der Waals surface area contributed by atoms with Gasteiger partial charge >= 0.3 is 0 Å². The van der Waals surface area contributed by atoms with Crippen LogP contribution in [0.25, 0.3) is 11.0 Å². The third-order valence-corrected chi connectivity index (χ3v) is 4.62. The molecule has 0 unspecified atom stereocenters. The highest BCUT2D eigenvalue weighted by molar-refractivity contribution is 9.10. The molecule has 1 fully saturated rings. The average molecular weight is 371 g/mol. The molecule has 4 rings (SSSR count). The first-order valence-corrected chi connectivity index (χ1v) is 8.38.